The maximum atomic E-state index is 13.2. The molecule has 1 heterocycles. The molecular formula is C28H48N2O4S. The fraction of sp³-hybridized carbons (Fsp3) is 0.929. The SMILES string of the molecule is C.CS(=O)(=O)C1CCC2CC(C(=O)C3CC3)C(NC(=O)CN3CCC(C4CCCCC4)CC3)C2C1. The van der Waals surface area contributed by atoms with Crippen LogP contribution in [0.1, 0.15) is 90.9 Å². The second-order valence-electron chi connectivity index (χ2n) is 12.3. The summed E-state index contributed by atoms with van der Waals surface area (Å²) in [5, 5.41) is 2.96. The average molecular weight is 509 g/mol. The van der Waals surface area contributed by atoms with Crippen LogP contribution >= 0.6 is 0 Å². The Kier molecular flexibility index (Phi) is 8.67. The van der Waals surface area contributed by atoms with Gasteiger partial charge in [-0.2, -0.15) is 0 Å². The molecule has 1 aliphatic heterocycles. The van der Waals surface area contributed by atoms with Gasteiger partial charge in [-0.1, -0.05) is 39.5 Å². The quantitative estimate of drug-likeness (QED) is 0.556. The predicted molar refractivity (Wildman–Crippen MR) is 140 cm³/mol. The van der Waals surface area contributed by atoms with Gasteiger partial charge in [0.1, 0.15) is 15.6 Å². The molecule has 4 aliphatic carbocycles. The summed E-state index contributed by atoms with van der Waals surface area (Å²) in [4.78, 5) is 28.6. The van der Waals surface area contributed by atoms with Crippen molar-refractivity contribution in [1.82, 2.24) is 10.2 Å². The largest absolute Gasteiger partial charge is 0.351 e. The van der Waals surface area contributed by atoms with Crippen molar-refractivity contribution in [1.29, 1.82) is 0 Å². The van der Waals surface area contributed by atoms with E-state index >= 15 is 0 Å². The maximum Gasteiger partial charge on any atom is 0.234 e. The molecule has 0 bridgehead atoms. The maximum absolute atomic E-state index is 13.2. The molecule has 0 aromatic heterocycles. The van der Waals surface area contributed by atoms with Gasteiger partial charge in [-0.15, -0.1) is 0 Å². The van der Waals surface area contributed by atoms with Crippen molar-refractivity contribution in [2.24, 2.45) is 35.5 Å². The number of rotatable bonds is 7. The molecule has 200 valence electrons. The van der Waals surface area contributed by atoms with E-state index in [1.807, 2.05) is 0 Å². The van der Waals surface area contributed by atoms with E-state index in [-0.39, 0.29) is 42.4 Å². The Morgan fingerprint density at radius 3 is 2.11 bits per heavy atom. The molecule has 5 fully saturated rings. The summed E-state index contributed by atoms with van der Waals surface area (Å²) in [6.07, 6.45) is 15.6. The first-order chi connectivity index (χ1) is 16.3. The highest BCUT2D eigenvalue weighted by Crippen LogP contribution is 2.49. The highest BCUT2D eigenvalue weighted by molar-refractivity contribution is 7.91. The predicted octanol–water partition coefficient (Wildman–Crippen LogP) is 4.23. The lowest BCUT2D eigenvalue weighted by Crippen LogP contribution is -2.50. The summed E-state index contributed by atoms with van der Waals surface area (Å²) >= 11 is 0. The third-order valence-electron chi connectivity index (χ3n) is 10.0. The number of nitrogens with one attached hydrogen (secondary N) is 1. The first kappa shape index (κ1) is 27.1. The minimum Gasteiger partial charge on any atom is -0.351 e. The van der Waals surface area contributed by atoms with Crippen molar-refractivity contribution < 1.29 is 18.0 Å². The van der Waals surface area contributed by atoms with Crippen LogP contribution < -0.4 is 5.32 Å². The third-order valence-corrected chi connectivity index (χ3v) is 11.7. The molecule has 5 rings (SSSR count). The lowest BCUT2D eigenvalue weighted by atomic mass is 9.76. The zero-order valence-electron chi connectivity index (χ0n) is 20.9. The average Bonchev–Trinajstić information content (AvgIpc) is 3.61. The van der Waals surface area contributed by atoms with Crippen molar-refractivity contribution in [2.45, 2.75) is 102 Å². The summed E-state index contributed by atoms with van der Waals surface area (Å²) in [7, 11) is -3.10. The van der Waals surface area contributed by atoms with Gasteiger partial charge < -0.3 is 5.32 Å². The molecule has 1 amide bonds. The summed E-state index contributed by atoms with van der Waals surface area (Å²) in [6.45, 7) is 2.39. The summed E-state index contributed by atoms with van der Waals surface area (Å²) in [6, 6.07) is -0.185. The molecule has 0 spiro atoms. The molecule has 0 radical (unpaired) electrons. The standard InChI is InChI=1S/C27H44N2O4S.CH4/c1-34(32,33)22-10-9-21-15-24(27(31)20-7-8-20)26(23(21)16-22)28-25(30)17-29-13-11-19(12-14-29)18-5-3-2-4-6-18;/h18-24,26H,2-17H2,1H3,(H,28,30);1H4. The van der Waals surface area contributed by atoms with Gasteiger partial charge in [0, 0.05) is 24.1 Å². The minimum atomic E-state index is -3.10. The second-order valence-corrected chi connectivity index (χ2v) is 14.6. The Morgan fingerprint density at radius 1 is 0.829 bits per heavy atom. The molecular weight excluding hydrogens is 460 g/mol. The number of carbonyl (C=O) groups is 2. The summed E-state index contributed by atoms with van der Waals surface area (Å²) < 4.78 is 24.6. The Hall–Kier alpha value is -0.950. The van der Waals surface area contributed by atoms with E-state index in [2.05, 4.69) is 10.2 Å². The Bertz CT molecular complexity index is 856. The van der Waals surface area contributed by atoms with Gasteiger partial charge in [-0.25, -0.2) is 8.42 Å². The Balaban J connectivity index is 0.00000289. The molecule has 6 nitrogen and oxygen atoms in total. The second kappa shape index (κ2) is 11.2. The van der Waals surface area contributed by atoms with Crippen LogP contribution in [0.2, 0.25) is 0 Å². The fourth-order valence-electron chi connectivity index (χ4n) is 7.91. The molecule has 5 atom stereocenters. The number of hydrogen-bond acceptors (Lipinski definition) is 5. The smallest absolute Gasteiger partial charge is 0.234 e. The van der Waals surface area contributed by atoms with Crippen molar-refractivity contribution in [3.63, 3.8) is 0 Å². The number of likely N-dealkylation sites (tertiary alicyclic amines) is 1. The van der Waals surface area contributed by atoms with Gasteiger partial charge in [-0.05, 0) is 88.1 Å². The van der Waals surface area contributed by atoms with Crippen molar-refractivity contribution in [2.75, 3.05) is 25.9 Å². The van der Waals surface area contributed by atoms with Crippen molar-refractivity contribution in [3.05, 3.63) is 0 Å². The molecule has 35 heavy (non-hydrogen) atoms. The molecule has 7 heteroatoms. The molecule has 1 saturated heterocycles. The molecule has 0 aromatic carbocycles. The first-order valence-corrected chi connectivity index (χ1v) is 16.0. The molecule has 1 N–H and O–H groups in total. The number of ketones is 1. The van der Waals surface area contributed by atoms with Crippen LogP contribution in [0.25, 0.3) is 0 Å². The van der Waals surface area contributed by atoms with E-state index in [9.17, 15) is 18.0 Å². The van der Waals surface area contributed by atoms with Crippen LogP contribution in [-0.2, 0) is 19.4 Å². The molecule has 5 unspecified atom stereocenters. The van der Waals surface area contributed by atoms with E-state index in [0.717, 1.165) is 50.6 Å². The molecule has 5 aliphatic rings. The van der Waals surface area contributed by atoms with Gasteiger partial charge in [0.25, 0.3) is 0 Å². The number of fused-ring (bicyclic) bond motifs is 1. The van der Waals surface area contributed by atoms with Crippen LogP contribution in [0.15, 0.2) is 0 Å². The number of amides is 1. The molecule has 4 saturated carbocycles. The van der Waals surface area contributed by atoms with Crippen molar-refractivity contribution >= 4 is 21.5 Å². The number of nitrogens with zero attached hydrogens (tertiary/aromatic N) is 1. The fourth-order valence-corrected chi connectivity index (χ4v) is 9.05. The summed E-state index contributed by atoms with van der Waals surface area (Å²) in [5.41, 5.74) is 0. The highest BCUT2D eigenvalue weighted by atomic mass is 32.2. The van der Waals surface area contributed by atoms with Gasteiger partial charge in [0.05, 0.1) is 11.8 Å². The number of sulfone groups is 1. The highest BCUT2D eigenvalue weighted by Gasteiger charge is 2.52. The molecule has 0 aromatic rings. The van der Waals surface area contributed by atoms with E-state index in [1.54, 1.807) is 0 Å². The monoisotopic (exact) mass is 508 g/mol. The van der Waals surface area contributed by atoms with Crippen LogP contribution in [0.3, 0.4) is 0 Å². The normalized spacial score (nSPS) is 35.2. The van der Waals surface area contributed by atoms with Gasteiger partial charge in [0.15, 0.2) is 0 Å². The minimum absolute atomic E-state index is 0. The van der Waals surface area contributed by atoms with Gasteiger partial charge in [-0.3, -0.25) is 14.5 Å². The number of carbonyl (C=O) groups excluding carboxylic acids is 2. The Labute approximate surface area is 213 Å². The third kappa shape index (κ3) is 6.31. The van der Waals surface area contributed by atoms with Gasteiger partial charge >= 0.3 is 0 Å². The number of piperidine rings is 1. The van der Waals surface area contributed by atoms with Crippen LogP contribution in [0.4, 0.5) is 0 Å². The first-order valence-electron chi connectivity index (χ1n) is 14.0. The lowest BCUT2D eigenvalue weighted by molar-refractivity contribution is -0.127. The van der Waals surface area contributed by atoms with Gasteiger partial charge in [0.2, 0.25) is 5.91 Å². The van der Waals surface area contributed by atoms with E-state index in [0.29, 0.717) is 31.1 Å². The van der Waals surface area contributed by atoms with Crippen LogP contribution in [0.5, 0.6) is 0 Å². The number of hydrogen-bond donors (Lipinski definition) is 1. The van der Waals surface area contributed by atoms with E-state index in [4.69, 9.17) is 0 Å². The Morgan fingerprint density at radius 2 is 1.49 bits per heavy atom. The van der Waals surface area contributed by atoms with Crippen LogP contribution in [-0.4, -0.2) is 62.2 Å². The van der Waals surface area contributed by atoms with Crippen LogP contribution in [0, 0.1) is 35.5 Å². The number of Topliss-reactive ketones (excluding diaryl/α,β-unsaturated/α-hetero) is 1. The topological polar surface area (TPSA) is 83.5 Å². The zero-order chi connectivity index (χ0) is 23.9. The van der Waals surface area contributed by atoms with E-state index < -0.39 is 9.84 Å². The zero-order valence-corrected chi connectivity index (χ0v) is 21.7. The van der Waals surface area contributed by atoms with E-state index in [1.165, 1.54) is 51.2 Å². The lowest BCUT2D eigenvalue weighted by Gasteiger charge is -2.38. The van der Waals surface area contributed by atoms with Crippen molar-refractivity contribution in [3.8, 4) is 0 Å². The summed E-state index contributed by atoms with van der Waals surface area (Å²) in [5.74, 6) is 2.59.